The Morgan fingerprint density at radius 1 is 1.11 bits per heavy atom. The summed E-state index contributed by atoms with van der Waals surface area (Å²) in [6, 6.07) is 14.4. The van der Waals surface area contributed by atoms with Crippen molar-refractivity contribution in [3.05, 3.63) is 66.0 Å². The van der Waals surface area contributed by atoms with Gasteiger partial charge >= 0.3 is 0 Å². The van der Waals surface area contributed by atoms with Crippen LogP contribution in [0.25, 0.3) is 0 Å². The number of sulfonamides is 1. The molecule has 1 heterocycles. The molecule has 2 aromatic rings. The van der Waals surface area contributed by atoms with Crippen molar-refractivity contribution in [1.29, 1.82) is 0 Å². The maximum absolute atomic E-state index is 13.0. The smallest absolute Gasteiger partial charge is 0.282 e. The third-order valence-electron chi connectivity index (χ3n) is 5.07. The molecule has 0 aliphatic carbocycles. The van der Waals surface area contributed by atoms with Crippen LogP contribution in [-0.4, -0.2) is 50.9 Å². The number of rotatable bonds is 6. The Hall–Kier alpha value is -2.29. The Labute approximate surface area is 165 Å². The molecule has 1 aliphatic heterocycles. The fraction of sp³-hybridized carbons (Fsp3) is 0.350. The zero-order chi connectivity index (χ0) is 20.1. The summed E-state index contributed by atoms with van der Waals surface area (Å²) in [5.74, 6) is -0.532. The molecule has 150 valence electrons. The third-order valence-corrected chi connectivity index (χ3v) is 6.92. The lowest BCUT2D eigenvalue weighted by atomic mass is 10.2. The number of carbonyl (C=O) groups excluding carboxylic acids is 1. The molecule has 8 heteroatoms. The maximum Gasteiger partial charge on any atom is 0.282 e. The van der Waals surface area contributed by atoms with E-state index in [9.17, 15) is 17.6 Å². The van der Waals surface area contributed by atoms with E-state index in [4.69, 9.17) is 0 Å². The molecule has 0 radical (unpaired) electrons. The number of hydrogen-bond acceptors (Lipinski definition) is 3. The van der Waals surface area contributed by atoms with E-state index < -0.39 is 10.0 Å². The Bertz CT molecular complexity index is 896. The van der Waals surface area contributed by atoms with Gasteiger partial charge in [-0.3, -0.25) is 4.79 Å². The Morgan fingerprint density at radius 3 is 2.32 bits per heavy atom. The van der Waals surface area contributed by atoms with E-state index in [1.807, 2.05) is 25.1 Å². The van der Waals surface area contributed by atoms with Crippen LogP contribution in [0.1, 0.15) is 12.5 Å². The van der Waals surface area contributed by atoms with Gasteiger partial charge in [0.15, 0.2) is 6.04 Å². The van der Waals surface area contributed by atoms with Crippen molar-refractivity contribution in [3.8, 4) is 0 Å². The first-order valence-corrected chi connectivity index (χ1v) is 10.9. The molecule has 1 fully saturated rings. The number of anilines is 1. The lowest BCUT2D eigenvalue weighted by Gasteiger charge is -2.34. The summed E-state index contributed by atoms with van der Waals surface area (Å²) < 4.78 is 39.8. The van der Waals surface area contributed by atoms with Crippen LogP contribution < -0.4 is 10.2 Å². The number of piperazine rings is 1. The minimum absolute atomic E-state index is 0.0101. The van der Waals surface area contributed by atoms with Crippen LogP contribution in [0.2, 0.25) is 0 Å². The number of benzene rings is 2. The van der Waals surface area contributed by atoms with Gasteiger partial charge in [0.2, 0.25) is 10.0 Å². The van der Waals surface area contributed by atoms with Crippen molar-refractivity contribution >= 4 is 21.6 Å². The van der Waals surface area contributed by atoms with E-state index in [2.05, 4.69) is 5.32 Å². The highest BCUT2D eigenvalue weighted by molar-refractivity contribution is 7.88. The summed E-state index contributed by atoms with van der Waals surface area (Å²) in [4.78, 5) is 13.5. The van der Waals surface area contributed by atoms with Crippen molar-refractivity contribution in [2.45, 2.75) is 18.7 Å². The van der Waals surface area contributed by atoms with Crippen LogP contribution in [0, 0.1) is 5.82 Å². The number of amides is 1. The van der Waals surface area contributed by atoms with Crippen molar-refractivity contribution in [2.24, 2.45) is 0 Å². The highest BCUT2D eigenvalue weighted by atomic mass is 32.2. The molecule has 2 aromatic carbocycles. The number of hydrogen-bond donors (Lipinski definition) is 2. The first-order chi connectivity index (χ1) is 13.3. The minimum atomic E-state index is -3.37. The second kappa shape index (κ2) is 8.81. The van der Waals surface area contributed by atoms with Gasteiger partial charge in [0.05, 0.1) is 31.9 Å². The predicted octanol–water partition coefficient (Wildman–Crippen LogP) is 0.883. The van der Waals surface area contributed by atoms with E-state index in [1.165, 1.54) is 28.6 Å². The highest BCUT2D eigenvalue weighted by Crippen LogP contribution is 2.11. The van der Waals surface area contributed by atoms with Crippen molar-refractivity contribution in [2.75, 3.05) is 31.5 Å². The molecular formula is C20H25FN3O3S+. The number of nitrogens with zero attached hydrogens (tertiary/aromatic N) is 1. The van der Waals surface area contributed by atoms with Gasteiger partial charge in [-0.1, -0.05) is 30.3 Å². The van der Waals surface area contributed by atoms with Gasteiger partial charge in [0, 0.05) is 5.69 Å². The molecule has 1 saturated heterocycles. The number of halogens is 1. The van der Waals surface area contributed by atoms with Gasteiger partial charge in [-0.25, -0.2) is 12.8 Å². The lowest BCUT2D eigenvalue weighted by Crippen LogP contribution is -3.19. The summed E-state index contributed by atoms with van der Waals surface area (Å²) in [6.45, 7) is 3.72. The molecule has 3 rings (SSSR count). The van der Waals surface area contributed by atoms with E-state index >= 15 is 0 Å². The second-order valence-electron chi connectivity index (χ2n) is 7.02. The largest absolute Gasteiger partial charge is 0.323 e. The van der Waals surface area contributed by atoms with Crippen LogP contribution in [0.5, 0.6) is 0 Å². The van der Waals surface area contributed by atoms with Crippen molar-refractivity contribution < 1.29 is 22.5 Å². The van der Waals surface area contributed by atoms with Crippen LogP contribution in [-0.2, 0) is 20.6 Å². The molecule has 0 aromatic heterocycles. The molecule has 0 bridgehead atoms. The summed E-state index contributed by atoms with van der Waals surface area (Å²) in [7, 11) is -3.37. The van der Waals surface area contributed by atoms with E-state index in [0.29, 0.717) is 31.9 Å². The first kappa shape index (κ1) is 20.4. The third kappa shape index (κ3) is 5.15. The van der Waals surface area contributed by atoms with Crippen molar-refractivity contribution in [3.63, 3.8) is 0 Å². The van der Waals surface area contributed by atoms with Crippen LogP contribution >= 0.6 is 0 Å². The predicted molar refractivity (Wildman–Crippen MR) is 106 cm³/mol. The van der Waals surface area contributed by atoms with E-state index in [1.54, 1.807) is 12.1 Å². The molecule has 1 aliphatic rings. The fourth-order valence-corrected chi connectivity index (χ4v) is 4.87. The standard InChI is InChI=1S/C20H24FN3O3S/c1-16(20(25)22-19-9-7-18(21)8-10-19)23-11-13-24(14-12-23)28(26,27)15-17-5-3-2-4-6-17/h2-10,16H,11-15H2,1H3,(H,22,25)/p+1/t16-/m1/s1. The Morgan fingerprint density at radius 2 is 1.71 bits per heavy atom. The quantitative estimate of drug-likeness (QED) is 0.748. The van der Waals surface area contributed by atoms with Crippen LogP contribution in [0.3, 0.4) is 0 Å². The molecule has 1 amide bonds. The number of quaternary nitrogens is 1. The molecule has 0 unspecified atom stereocenters. The van der Waals surface area contributed by atoms with Gasteiger partial charge in [0.25, 0.3) is 5.91 Å². The monoisotopic (exact) mass is 406 g/mol. The van der Waals surface area contributed by atoms with Crippen molar-refractivity contribution in [1.82, 2.24) is 4.31 Å². The first-order valence-electron chi connectivity index (χ1n) is 9.28. The zero-order valence-electron chi connectivity index (χ0n) is 15.8. The minimum Gasteiger partial charge on any atom is -0.323 e. The molecule has 28 heavy (non-hydrogen) atoms. The second-order valence-corrected chi connectivity index (χ2v) is 8.99. The Kier molecular flexibility index (Phi) is 6.43. The van der Waals surface area contributed by atoms with Gasteiger partial charge in [-0.2, -0.15) is 4.31 Å². The maximum atomic E-state index is 13.0. The fourth-order valence-electron chi connectivity index (χ4n) is 3.33. The SMILES string of the molecule is C[C@H](C(=O)Nc1ccc(F)cc1)[NH+]1CCN(S(=O)(=O)Cc2ccccc2)CC1. The van der Waals surface area contributed by atoms with E-state index in [0.717, 1.165) is 10.5 Å². The summed E-state index contributed by atoms with van der Waals surface area (Å²) in [5, 5.41) is 2.78. The van der Waals surface area contributed by atoms with Crippen LogP contribution in [0.4, 0.5) is 10.1 Å². The van der Waals surface area contributed by atoms with E-state index in [-0.39, 0.29) is 23.5 Å². The molecule has 1 atom stereocenters. The highest BCUT2D eigenvalue weighted by Gasteiger charge is 2.33. The topological polar surface area (TPSA) is 70.9 Å². The molecular weight excluding hydrogens is 381 g/mol. The van der Waals surface area contributed by atoms with Crippen LogP contribution in [0.15, 0.2) is 54.6 Å². The average Bonchev–Trinajstić information content (AvgIpc) is 2.69. The van der Waals surface area contributed by atoms with Gasteiger partial charge in [-0.05, 0) is 36.8 Å². The summed E-state index contributed by atoms with van der Waals surface area (Å²) in [6.07, 6.45) is 0. The normalized spacial score (nSPS) is 17.2. The van der Waals surface area contributed by atoms with Gasteiger partial charge in [-0.15, -0.1) is 0 Å². The molecule has 2 N–H and O–H groups in total. The van der Waals surface area contributed by atoms with Gasteiger partial charge < -0.3 is 10.2 Å². The Balaban J connectivity index is 1.53. The van der Waals surface area contributed by atoms with Gasteiger partial charge in [0.1, 0.15) is 5.82 Å². The lowest BCUT2D eigenvalue weighted by molar-refractivity contribution is -0.917. The number of nitrogens with one attached hydrogen (secondary N) is 2. The number of carbonyl (C=O) groups is 1. The molecule has 6 nitrogen and oxygen atoms in total. The summed E-state index contributed by atoms with van der Waals surface area (Å²) in [5.41, 5.74) is 1.31. The molecule has 0 saturated carbocycles. The summed E-state index contributed by atoms with van der Waals surface area (Å²) >= 11 is 0. The average molecular weight is 407 g/mol. The molecule has 0 spiro atoms. The zero-order valence-corrected chi connectivity index (χ0v) is 16.6.